The molecule has 1 aliphatic rings. The Morgan fingerprint density at radius 2 is 1.64 bits per heavy atom. The van der Waals surface area contributed by atoms with Crippen molar-refractivity contribution in [2.24, 2.45) is 0 Å². The van der Waals surface area contributed by atoms with Gasteiger partial charge in [0.15, 0.2) is 0 Å². The Morgan fingerprint density at radius 3 is 2.36 bits per heavy atom. The van der Waals surface area contributed by atoms with Crippen LogP contribution in [-0.2, 0) is 0 Å². The van der Waals surface area contributed by atoms with Gasteiger partial charge in [-0.05, 0) is 36.3 Å². The van der Waals surface area contributed by atoms with Crippen LogP contribution in [0, 0.1) is 11.6 Å². The Hall–Kier alpha value is -4.27. The van der Waals surface area contributed by atoms with Crippen LogP contribution in [0.4, 0.5) is 8.78 Å². The summed E-state index contributed by atoms with van der Waals surface area (Å²) in [5.41, 5.74) is 2.16. The minimum Gasteiger partial charge on any atom is -0.415 e. The van der Waals surface area contributed by atoms with E-state index in [-0.39, 0.29) is 12.4 Å². The highest BCUT2D eigenvalue weighted by Crippen LogP contribution is 2.26. The van der Waals surface area contributed by atoms with Crippen molar-refractivity contribution in [3.63, 3.8) is 0 Å². The summed E-state index contributed by atoms with van der Waals surface area (Å²) in [6.07, 6.45) is 5.40. The summed E-state index contributed by atoms with van der Waals surface area (Å²) in [7, 11) is 0. The molecule has 0 spiro atoms. The highest BCUT2D eigenvalue weighted by atomic mass is 19.1. The van der Waals surface area contributed by atoms with E-state index in [4.69, 9.17) is 4.42 Å². The van der Waals surface area contributed by atoms with Gasteiger partial charge in [-0.25, -0.2) is 13.8 Å². The van der Waals surface area contributed by atoms with E-state index in [1.54, 1.807) is 12.3 Å². The Bertz CT molecular complexity index is 1330. The molecule has 9 heteroatoms. The van der Waals surface area contributed by atoms with Crippen molar-refractivity contribution in [2.45, 2.75) is 6.42 Å². The fourth-order valence-corrected chi connectivity index (χ4v) is 3.59. The number of carbonyl (C=O) groups excluding carboxylic acids is 1. The second-order valence-corrected chi connectivity index (χ2v) is 7.40. The van der Waals surface area contributed by atoms with E-state index in [0.29, 0.717) is 30.2 Å². The minimum absolute atomic E-state index is 0.201. The fourth-order valence-electron chi connectivity index (χ4n) is 3.59. The van der Waals surface area contributed by atoms with Crippen molar-refractivity contribution in [2.75, 3.05) is 13.1 Å². The molecule has 0 fully saturated rings. The highest BCUT2D eigenvalue weighted by molar-refractivity contribution is 5.95. The van der Waals surface area contributed by atoms with E-state index in [2.05, 4.69) is 20.2 Å². The lowest BCUT2D eigenvalue weighted by atomic mass is 10.0. The summed E-state index contributed by atoms with van der Waals surface area (Å²) < 4.78 is 33.7. The molecule has 1 amide bonds. The molecule has 0 unspecified atom stereocenters. The number of nitrogens with zero attached hydrogens (tertiary/aromatic N) is 5. The number of halogens is 2. The summed E-state index contributed by atoms with van der Waals surface area (Å²) in [6, 6.07) is 12.8. The van der Waals surface area contributed by atoms with Gasteiger partial charge in [-0.3, -0.25) is 9.78 Å². The molecule has 164 valence electrons. The molecule has 4 aromatic rings. The molecule has 0 bridgehead atoms. The Balaban J connectivity index is 1.34. The summed E-state index contributed by atoms with van der Waals surface area (Å²) >= 11 is 0. The molecule has 0 radical (unpaired) electrons. The number of amides is 1. The molecule has 0 N–H and O–H groups in total. The maximum Gasteiger partial charge on any atom is 0.268 e. The van der Waals surface area contributed by atoms with E-state index >= 15 is 0 Å². The van der Waals surface area contributed by atoms with Crippen molar-refractivity contribution < 1.29 is 18.0 Å². The SMILES string of the molecule is O=C(c1c(F)cccc1F)N1CC=C(c2cncc(-c3nnc(-c4ccccc4)o3)n2)CC1. The zero-order chi connectivity index (χ0) is 22.8. The van der Waals surface area contributed by atoms with Crippen LogP contribution in [0.3, 0.4) is 0 Å². The van der Waals surface area contributed by atoms with E-state index in [0.717, 1.165) is 23.3 Å². The van der Waals surface area contributed by atoms with E-state index < -0.39 is 23.1 Å². The van der Waals surface area contributed by atoms with Gasteiger partial charge in [0.1, 0.15) is 22.9 Å². The summed E-state index contributed by atoms with van der Waals surface area (Å²) in [6.45, 7) is 0.496. The van der Waals surface area contributed by atoms with Gasteiger partial charge in [-0.15, -0.1) is 10.2 Å². The van der Waals surface area contributed by atoms with Gasteiger partial charge in [-0.2, -0.15) is 0 Å². The van der Waals surface area contributed by atoms with E-state index in [9.17, 15) is 13.6 Å². The van der Waals surface area contributed by atoms with Gasteiger partial charge in [-0.1, -0.05) is 30.3 Å². The summed E-state index contributed by atoms with van der Waals surface area (Å²) in [5, 5.41) is 8.14. The van der Waals surface area contributed by atoms with Gasteiger partial charge >= 0.3 is 0 Å². The van der Waals surface area contributed by atoms with Crippen molar-refractivity contribution in [3.8, 4) is 23.0 Å². The zero-order valence-corrected chi connectivity index (χ0v) is 17.3. The molecule has 0 saturated heterocycles. The molecule has 7 nitrogen and oxygen atoms in total. The first kappa shape index (κ1) is 20.6. The Labute approximate surface area is 187 Å². The highest BCUT2D eigenvalue weighted by Gasteiger charge is 2.25. The molecule has 0 saturated carbocycles. The second-order valence-electron chi connectivity index (χ2n) is 7.40. The molecular formula is C24H17F2N5O2. The lowest BCUT2D eigenvalue weighted by Crippen LogP contribution is -2.35. The number of benzene rings is 2. The lowest BCUT2D eigenvalue weighted by Gasteiger charge is -2.26. The van der Waals surface area contributed by atoms with Gasteiger partial charge < -0.3 is 9.32 Å². The van der Waals surface area contributed by atoms with Crippen LogP contribution in [0.2, 0.25) is 0 Å². The largest absolute Gasteiger partial charge is 0.415 e. The third kappa shape index (κ3) is 4.12. The molecule has 2 aromatic heterocycles. The number of hydrogen-bond donors (Lipinski definition) is 0. The zero-order valence-electron chi connectivity index (χ0n) is 17.3. The van der Waals surface area contributed by atoms with Crippen LogP contribution in [0.1, 0.15) is 22.5 Å². The third-order valence-electron chi connectivity index (χ3n) is 5.30. The fraction of sp³-hybridized carbons (Fsp3) is 0.125. The number of rotatable bonds is 4. The Morgan fingerprint density at radius 1 is 0.909 bits per heavy atom. The molecular weight excluding hydrogens is 428 g/mol. The predicted molar refractivity (Wildman–Crippen MR) is 116 cm³/mol. The maximum atomic E-state index is 14.0. The number of aromatic nitrogens is 4. The van der Waals surface area contributed by atoms with Crippen molar-refractivity contribution in [3.05, 3.63) is 89.9 Å². The van der Waals surface area contributed by atoms with Gasteiger partial charge in [0.05, 0.1) is 18.1 Å². The third-order valence-corrected chi connectivity index (χ3v) is 5.30. The lowest BCUT2D eigenvalue weighted by molar-refractivity contribution is 0.0763. The van der Waals surface area contributed by atoms with E-state index in [1.807, 2.05) is 30.3 Å². The van der Waals surface area contributed by atoms with Crippen molar-refractivity contribution >= 4 is 11.5 Å². The van der Waals surface area contributed by atoms with E-state index in [1.165, 1.54) is 17.2 Å². The normalized spacial score (nSPS) is 13.6. The summed E-state index contributed by atoms with van der Waals surface area (Å²) in [5.74, 6) is -1.80. The van der Waals surface area contributed by atoms with Gasteiger partial charge in [0.2, 0.25) is 5.89 Å². The first-order chi connectivity index (χ1) is 16.1. The predicted octanol–water partition coefficient (Wildman–Crippen LogP) is 4.40. The van der Waals surface area contributed by atoms with Gasteiger partial charge in [0, 0.05) is 18.7 Å². The number of carbonyl (C=O) groups is 1. The second kappa shape index (κ2) is 8.70. The minimum atomic E-state index is -0.872. The monoisotopic (exact) mass is 445 g/mol. The van der Waals surface area contributed by atoms with Crippen LogP contribution < -0.4 is 0 Å². The smallest absolute Gasteiger partial charge is 0.268 e. The van der Waals surface area contributed by atoms with Crippen LogP contribution in [0.25, 0.3) is 28.6 Å². The molecule has 1 aliphatic heterocycles. The van der Waals surface area contributed by atoms with Crippen LogP contribution in [-0.4, -0.2) is 44.1 Å². The molecule has 33 heavy (non-hydrogen) atoms. The summed E-state index contributed by atoms with van der Waals surface area (Å²) in [4.78, 5) is 22.8. The van der Waals surface area contributed by atoms with Crippen LogP contribution >= 0.6 is 0 Å². The topological polar surface area (TPSA) is 85.0 Å². The van der Waals surface area contributed by atoms with Crippen LogP contribution in [0.5, 0.6) is 0 Å². The average molecular weight is 445 g/mol. The molecule has 0 aliphatic carbocycles. The molecule has 0 atom stereocenters. The standard InChI is InChI=1S/C24H17F2N5O2/c25-17-7-4-8-18(26)21(17)24(32)31-11-9-15(10-12-31)19-13-27-14-20(28-19)23-30-29-22(33-23)16-5-2-1-3-6-16/h1-9,13-14H,10-12H2. The Kier molecular flexibility index (Phi) is 5.43. The van der Waals surface area contributed by atoms with Crippen LogP contribution in [0.15, 0.2) is 71.4 Å². The van der Waals surface area contributed by atoms with Crippen molar-refractivity contribution in [1.82, 2.24) is 25.1 Å². The quantitative estimate of drug-likeness (QED) is 0.463. The first-order valence-electron chi connectivity index (χ1n) is 10.2. The molecule has 3 heterocycles. The molecule has 2 aromatic carbocycles. The van der Waals surface area contributed by atoms with Gasteiger partial charge in [0.25, 0.3) is 11.8 Å². The number of hydrogen-bond acceptors (Lipinski definition) is 6. The maximum absolute atomic E-state index is 14.0. The van der Waals surface area contributed by atoms with Crippen molar-refractivity contribution in [1.29, 1.82) is 0 Å². The molecule has 5 rings (SSSR count). The first-order valence-corrected chi connectivity index (χ1v) is 10.2. The average Bonchev–Trinajstić information content (AvgIpc) is 3.35.